The van der Waals surface area contributed by atoms with Gasteiger partial charge in [-0.1, -0.05) is 12.1 Å². The first kappa shape index (κ1) is 22.7. The Morgan fingerprint density at radius 3 is 2.70 bits per heavy atom. The molecule has 0 aliphatic heterocycles. The molecule has 33 heavy (non-hydrogen) atoms. The number of fused-ring (bicyclic) bond motifs is 3. The largest absolute Gasteiger partial charge is 0.416 e. The Balaban J connectivity index is 1.49. The average Bonchev–Trinajstić information content (AvgIpc) is 3.15. The third kappa shape index (κ3) is 4.95. The van der Waals surface area contributed by atoms with E-state index in [9.17, 15) is 22.8 Å². The number of rotatable bonds is 5. The summed E-state index contributed by atoms with van der Waals surface area (Å²) in [7, 11) is 0. The number of hydrogen-bond donors (Lipinski definition) is 5. The fourth-order valence-corrected chi connectivity index (χ4v) is 4.18. The number of halogens is 3. The molecule has 0 radical (unpaired) electrons. The molecule has 7 nitrogen and oxygen atoms in total. The van der Waals surface area contributed by atoms with Crippen LogP contribution in [0.5, 0.6) is 0 Å². The van der Waals surface area contributed by atoms with Gasteiger partial charge in [-0.05, 0) is 55.2 Å². The SMILES string of the molecule is O=C(Nc1cccc(C(F)(F)F)c1)NC1CCc2[nH]c3cccc(C(=O)NCCO)c3c2C1. The van der Waals surface area contributed by atoms with Gasteiger partial charge in [-0.25, -0.2) is 4.79 Å². The Morgan fingerprint density at radius 2 is 1.94 bits per heavy atom. The summed E-state index contributed by atoms with van der Waals surface area (Å²) in [5.41, 5.74) is 2.42. The molecule has 1 unspecified atom stereocenters. The highest BCUT2D eigenvalue weighted by Crippen LogP contribution is 2.32. The number of carbonyl (C=O) groups excluding carboxylic acids is 2. The van der Waals surface area contributed by atoms with Gasteiger partial charge in [-0.15, -0.1) is 0 Å². The molecular weight excluding hydrogens is 437 g/mol. The Hall–Kier alpha value is -3.53. The summed E-state index contributed by atoms with van der Waals surface area (Å²) >= 11 is 0. The van der Waals surface area contributed by atoms with Gasteiger partial charge < -0.3 is 26.0 Å². The quantitative estimate of drug-likeness (QED) is 0.402. The predicted octanol–water partition coefficient (Wildman–Crippen LogP) is 3.59. The molecule has 3 aromatic rings. The standard InChI is InChI=1S/C23H23F3N4O3/c24-23(25,26)13-3-1-4-14(11-13)28-22(33)29-15-7-8-18-17(12-15)20-16(21(32)27-9-10-31)5-2-6-19(20)30-18/h1-6,11,15,30-31H,7-10,12H2,(H,27,32)(H2,28,29,33). The van der Waals surface area contributed by atoms with E-state index in [2.05, 4.69) is 20.9 Å². The van der Waals surface area contributed by atoms with Crippen LogP contribution in [0.1, 0.15) is 33.6 Å². The molecule has 5 N–H and O–H groups in total. The number of aromatic nitrogens is 1. The topological polar surface area (TPSA) is 106 Å². The van der Waals surface area contributed by atoms with E-state index in [-0.39, 0.29) is 30.8 Å². The van der Waals surface area contributed by atoms with Gasteiger partial charge in [0, 0.05) is 40.4 Å². The van der Waals surface area contributed by atoms with Crippen molar-refractivity contribution in [2.45, 2.75) is 31.5 Å². The van der Waals surface area contributed by atoms with Crippen molar-refractivity contribution in [3.63, 3.8) is 0 Å². The third-order valence-corrected chi connectivity index (χ3v) is 5.63. The summed E-state index contributed by atoms with van der Waals surface area (Å²) in [6.07, 6.45) is -2.74. The minimum Gasteiger partial charge on any atom is -0.395 e. The zero-order valence-electron chi connectivity index (χ0n) is 17.6. The van der Waals surface area contributed by atoms with E-state index in [1.54, 1.807) is 12.1 Å². The van der Waals surface area contributed by atoms with E-state index in [0.29, 0.717) is 24.8 Å². The Morgan fingerprint density at radius 1 is 1.15 bits per heavy atom. The second kappa shape index (κ2) is 9.14. The molecule has 0 spiro atoms. The number of aryl methyl sites for hydroxylation is 1. The fourth-order valence-electron chi connectivity index (χ4n) is 4.18. The van der Waals surface area contributed by atoms with Crippen LogP contribution in [-0.2, 0) is 19.0 Å². The smallest absolute Gasteiger partial charge is 0.395 e. The van der Waals surface area contributed by atoms with E-state index in [1.165, 1.54) is 12.1 Å². The maximum atomic E-state index is 12.9. The number of H-pyrrole nitrogens is 1. The average molecular weight is 460 g/mol. The molecule has 1 aliphatic rings. The molecule has 1 atom stereocenters. The summed E-state index contributed by atoms with van der Waals surface area (Å²) in [6, 6.07) is 8.97. The van der Waals surface area contributed by atoms with Crippen LogP contribution in [0.2, 0.25) is 0 Å². The third-order valence-electron chi connectivity index (χ3n) is 5.63. The molecule has 2 aromatic carbocycles. The zero-order valence-corrected chi connectivity index (χ0v) is 17.6. The van der Waals surface area contributed by atoms with Crippen LogP contribution >= 0.6 is 0 Å². The molecule has 0 bridgehead atoms. The van der Waals surface area contributed by atoms with Crippen molar-refractivity contribution in [2.75, 3.05) is 18.5 Å². The second-order valence-electron chi connectivity index (χ2n) is 7.91. The van der Waals surface area contributed by atoms with Gasteiger partial charge >= 0.3 is 12.2 Å². The first-order valence-corrected chi connectivity index (χ1v) is 10.5. The van der Waals surface area contributed by atoms with Gasteiger partial charge in [-0.2, -0.15) is 13.2 Å². The molecule has 10 heteroatoms. The number of carbonyl (C=O) groups is 2. The lowest BCUT2D eigenvalue weighted by Gasteiger charge is -2.24. The highest BCUT2D eigenvalue weighted by atomic mass is 19.4. The van der Waals surface area contributed by atoms with Gasteiger partial charge in [0.05, 0.1) is 12.2 Å². The maximum absolute atomic E-state index is 12.9. The van der Waals surface area contributed by atoms with Crippen molar-refractivity contribution in [1.82, 2.24) is 15.6 Å². The van der Waals surface area contributed by atoms with Crippen LogP contribution in [0, 0.1) is 0 Å². The van der Waals surface area contributed by atoms with Crippen molar-refractivity contribution >= 4 is 28.5 Å². The fraction of sp³-hybridized carbons (Fsp3) is 0.304. The van der Waals surface area contributed by atoms with Crippen LogP contribution < -0.4 is 16.0 Å². The number of aliphatic hydroxyl groups excluding tert-OH is 1. The number of aromatic amines is 1. The monoisotopic (exact) mass is 460 g/mol. The Bertz CT molecular complexity index is 1190. The zero-order chi connectivity index (χ0) is 23.6. The van der Waals surface area contributed by atoms with E-state index in [4.69, 9.17) is 5.11 Å². The summed E-state index contributed by atoms with van der Waals surface area (Å²) in [5, 5.41) is 17.7. The molecule has 1 aliphatic carbocycles. The second-order valence-corrected chi connectivity index (χ2v) is 7.91. The lowest BCUT2D eigenvalue weighted by Crippen LogP contribution is -2.41. The molecule has 1 aromatic heterocycles. The number of aliphatic hydroxyl groups is 1. The molecular formula is C23H23F3N4O3. The number of hydrogen-bond acceptors (Lipinski definition) is 3. The molecule has 1 heterocycles. The molecule has 3 amide bonds. The van der Waals surface area contributed by atoms with Gasteiger partial charge in [-0.3, -0.25) is 4.79 Å². The highest BCUT2D eigenvalue weighted by Gasteiger charge is 2.31. The van der Waals surface area contributed by atoms with Gasteiger partial charge in [0.2, 0.25) is 0 Å². The summed E-state index contributed by atoms with van der Waals surface area (Å²) in [6.45, 7) is -0.0261. The number of amides is 3. The normalized spacial score (nSPS) is 15.7. The molecule has 0 fully saturated rings. The van der Waals surface area contributed by atoms with E-state index in [1.807, 2.05) is 6.07 Å². The number of anilines is 1. The van der Waals surface area contributed by atoms with Crippen LogP contribution in [0.4, 0.5) is 23.7 Å². The van der Waals surface area contributed by atoms with E-state index in [0.717, 1.165) is 34.3 Å². The number of nitrogens with one attached hydrogen (secondary N) is 4. The predicted molar refractivity (Wildman–Crippen MR) is 117 cm³/mol. The van der Waals surface area contributed by atoms with Crippen molar-refractivity contribution in [3.05, 3.63) is 64.8 Å². The number of benzene rings is 2. The molecule has 0 saturated carbocycles. The summed E-state index contributed by atoms with van der Waals surface area (Å²) in [4.78, 5) is 28.4. The van der Waals surface area contributed by atoms with Gasteiger partial charge in [0.25, 0.3) is 5.91 Å². The highest BCUT2D eigenvalue weighted by molar-refractivity contribution is 6.08. The molecule has 174 valence electrons. The van der Waals surface area contributed by atoms with Crippen LogP contribution in [0.15, 0.2) is 42.5 Å². The van der Waals surface area contributed by atoms with Crippen LogP contribution in [0.3, 0.4) is 0 Å². The molecule has 4 rings (SSSR count). The lowest BCUT2D eigenvalue weighted by molar-refractivity contribution is -0.137. The van der Waals surface area contributed by atoms with Gasteiger partial charge in [0.1, 0.15) is 0 Å². The minimum absolute atomic E-state index is 0.0498. The van der Waals surface area contributed by atoms with Crippen molar-refractivity contribution < 1.29 is 27.9 Å². The first-order valence-electron chi connectivity index (χ1n) is 10.5. The Labute approximate surface area is 187 Å². The maximum Gasteiger partial charge on any atom is 0.416 e. The van der Waals surface area contributed by atoms with Crippen LogP contribution in [0.25, 0.3) is 10.9 Å². The minimum atomic E-state index is -4.50. The number of alkyl halides is 3. The lowest BCUT2D eigenvalue weighted by atomic mass is 9.90. The van der Waals surface area contributed by atoms with Crippen molar-refractivity contribution in [3.8, 4) is 0 Å². The van der Waals surface area contributed by atoms with Gasteiger partial charge in [0.15, 0.2) is 0 Å². The number of urea groups is 1. The van der Waals surface area contributed by atoms with E-state index < -0.39 is 17.8 Å². The summed E-state index contributed by atoms with van der Waals surface area (Å²) < 4.78 is 38.7. The first-order chi connectivity index (χ1) is 15.8. The van der Waals surface area contributed by atoms with Crippen molar-refractivity contribution in [2.24, 2.45) is 0 Å². The van der Waals surface area contributed by atoms with E-state index >= 15 is 0 Å². The van der Waals surface area contributed by atoms with Crippen LogP contribution in [-0.4, -0.2) is 41.2 Å². The molecule has 0 saturated heterocycles. The summed E-state index contributed by atoms with van der Waals surface area (Å²) in [5.74, 6) is -0.297. The Kier molecular flexibility index (Phi) is 6.28. The van der Waals surface area contributed by atoms with Crippen molar-refractivity contribution in [1.29, 1.82) is 0 Å².